The molecule has 0 aliphatic carbocycles. The molecule has 1 aromatic carbocycles. The molecule has 2 atom stereocenters. The Balaban J connectivity index is 2.18. The molecule has 0 N–H and O–H groups in total. The third-order valence-electron chi connectivity index (χ3n) is 2.80. The van der Waals surface area contributed by atoms with Crippen molar-refractivity contribution in [3.8, 4) is 0 Å². The van der Waals surface area contributed by atoms with Crippen molar-refractivity contribution in [2.45, 2.75) is 30.7 Å². The summed E-state index contributed by atoms with van der Waals surface area (Å²) in [4.78, 5) is 0. The van der Waals surface area contributed by atoms with Crippen molar-refractivity contribution in [2.75, 3.05) is 6.61 Å². The first kappa shape index (κ1) is 11.8. The van der Waals surface area contributed by atoms with Crippen molar-refractivity contribution >= 4 is 11.6 Å². The van der Waals surface area contributed by atoms with Gasteiger partial charge in [0.25, 0.3) is 0 Å². The normalized spacial score (nSPS) is 23.1. The molecule has 0 bridgehead atoms. The van der Waals surface area contributed by atoms with E-state index in [2.05, 4.69) is 0 Å². The minimum Gasteiger partial charge on any atom is -0.376 e. The Hall–Kier alpha value is -0.670. The molecule has 1 fully saturated rings. The summed E-state index contributed by atoms with van der Waals surface area (Å²) in [5.41, 5.74) is 0.188. The molecule has 1 nitrogen and oxygen atoms in total. The molecule has 0 aromatic heterocycles. The lowest BCUT2D eigenvalue weighted by atomic mass is 10.0. The molecule has 88 valence electrons. The van der Waals surface area contributed by atoms with Gasteiger partial charge in [-0.25, -0.2) is 8.78 Å². The average molecular weight is 247 g/mol. The molecule has 2 unspecified atom stereocenters. The number of hydrogen-bond donors (Lipinski definition) is 0. The summed E-state index contributed by atoms with van der Waals surface area (Å²) in [6.45, 7) is 0.644. The minimum atomic E-state index is -0.615. The van der Waals surface area contributed by atoms with Crippen molar-refractivity contribution in [1.82, 2.24) is 0 Å². The summed E-state index contributed by atoms with van der Waals surface area (Å²) < 4.78 is 31.9. The summed E-state index contributed by atoms with van der Waals surface area (Å²) in [5.74, 6) is -0.951. The molecular formula is C12H13ClF2O. The lowest BCUT2D eigenvalue weighted by Gasteiger charge is -2.27. The van der Waals surface area contributed by atoms with Crippen molar-refractivity contribution in [2.24, 2.45) is 0 Å². The first-order valence-electron chi connectivity index (χ1n) is 5.39. The molecular weight excluding hydrogens is 234 g/mol. The van der Waals surface area contributed by atoms with E-state index in [0.717, 1.165) is 37.5 Å². The summed E-state index contributed by atoms with van der Waals surface area (Å²) in [5, 5.41) is -0.615. The molecule has 1 aromatic rings. The van der Waals surface area contributed by atoms with Gasteiger partial charge < -0.3 is 4.74 Å². The fourth-order valence-corrected chi connectivity index (χ4v) is 2.29. The van der Waals surface area contributed by atoms with Gasteiger partial charge in [0, 0.05) is 12.2 Å². The van der Waals surface area contributed by atoms with Crippen LogP contribution in [-0.4, -0.2) is 12.7 Å². The van der Waals surface area contributed by atoms with Gasteiger partial charge in [-0.15, -0.1) is 11.6 Å². The van der Waals surface area contributed by atoms with E-state index in [9.17, 15) is 8.78 Å². The molecule has 1 heterocycles. The van der Waals surface area contributed by atoms with E-state index in [1.807, 2.05) is 0 Å². The summed E-state index contributed by atoms with van der Waals surface area (Å²) in [7, 11) is 0. The van der Waals surface area contributed by atoms with Gasteiger partial charge in [-0.3, -0.25) is 0 Å². The number of hydrogen-bond acceptors (Lipinski definition) is 1. The van der Waals surface area contributed by atoms with Crippen LogP contribution in [0.1, 0.15) is 30.2 Å². The van der Waals surface area contributed by atoms with Crippen LogP contribution in [0.25, 0.3) is 0 Å². The third kappa shape index (κ3) is 2.53. The average Bonchev–Trinajstić information content (AvgIpc) is 2.32. The van der Waals surface area contributed by atoms with Gasteiger partial charge in [-0.05, 0) is 37.5 Å². The van der Waals surface area contributed by atoms with Gasteiger partial charge in [-0.2, -0.15) is 0 Å². The maximum Gasteiger partial charge on any atom is 0.128 e. The van der Waals surface area contributed by atoms with E-state index in [1.54, 1.807) is 0 Å². The molecule has 0 saturated carbocycles. The molecule has 0 amide bonds. The first-order valence-corrected chi connectivity index (χ1v) is 5.83. The minimum absolute atomic E-state index is 0.188. The fourth-order valence-electron chi connectivity index (χ4n) is 1.92. The zero-order valence-electron chi connectivity index (χ0n) is 8.76. The summed E-state index contributed by atoms with van der Waals surface area (Å²) in [6, 6.07) is 3.33. The van der Waals surface area contributed by atoms with E-state index < -0.39 is 17.0 Å². The van der Waals surface area contributed by atoms with Gasteiger partial charge in [0.15, 0.2) is 0 Å². The zero-order valence-corrected chi connectivity index (χ0v) is 9.51. The van der Waals surface area contributed by atoms with Gasteiger partial charge in [-0.1, -0.05) is 0 Å². The van der Waals surface area contributed by atoms with E-state index in [1.165, 1.54) is 0 Å². The SMILES string of the molecule is Fc1ccc(F)c(C(Cl)C2CCCCO2)c1. The lowest BCUT2D eigenvalue weighted by molar-refractivity contribution is 0.0130. The number of benzene rings is 1. The Bertz CT molecular complexity index is 364. The molecule has 1 aliphatic rings. The highest BCUT2D eigenvalue weighted by Crippen LogP contribution is 2.33. The van der Waals surface area contributed by atoms with Crippen LogP contribution in [0.2, 0.25) is 0 Å². The summed E-state index contributed by atoms with van der Waals surface area (Å²) >= 11 is 6.13. The highest BCUT2D eigenvalue weighted by molar-refractivity contribution is 6.21. The highest BCUT2D eigenvalue weighted by Gasteiger charge is 2.26. The fraction of sp³-hybridized carbons (Fsp3) is 0.500. The van der Waals surface area contributed by atoms with Crippen LogP contribution < -0.4 is 0 Å². The molecule has 0 radical (unpaired) electrons. The number of ether oxygens (including phenoxy) is 1. The topological polar surface area (TPSA) is 9.23 Å². The van der Waals surface area contributed by atoms with Gasteiger partial charge in [0.05, 0.1) is 11.5 Å². The highest BCUT2D eigenvalue weighted by atomic mass is 35.5. The Labute approximate surface area is 98.4 Å². The molecule has 16 heavy (non-hydrogen) atoms. The number of halogens is 3. The van der Waals surface area contributed by atoms with Crippen LogP contribution in [0.4, 0.5) is 8.78 Å². The second-order valence-electron chi connectivity index (χ2n) is 3.97. The Kier molecular flexibility index (Phi) is 3.77. The Morgan fingerprint density at radius 2 is 2.12 bits per heavy atom. The first-order chi connectivity index (χ1) is 7.68. The Morgan fingerprint density at radius 3 is 2.81 bits per heavy atom. The maximum atomic E-state index is 13.5. The largest absolute Gasteiger partial charge is 0.376 e. The van der Waals surface area contributed by atoms with Crippen LogP contribution in [0.15, 0.2) is 18.2 Å². The lowest BCUT2D eigenvalue weighted by Crippen LogP contribution is -2.24. The molecule has 1 saturated heterocycles. The quantitative estimate of drug-likeness (QED) is 0.721. The predicted molar refractivity (Wildman–Crippen MR) is 58.5 cm³/mol. The van der Waals surface area contributed by atoms with Gasteiger partial charge in [0.1, 0.15) is 11.6 Å². The second-order valence-corrected chi connectivity index (χ2v) is 4.44. The zero-order chi connectivity index (χ0) is 11.5. The van der Waals surface area contributed by atoms with Gasteiger partial charge in [0.2, 0.25) is 0 Å². The molecule has 2 rings (SSSR count). The van der Waals surface area contributed by atoms with E-state index >= 15 is 0 Å². The predicted octanol–water partition coefficient (Wildman–Crippen LogP) is 3.81. The smallest absolute Gasteiger partial charge is 0.128 e. The van der Waals surface area contributed by atoms with Crippen molar-refractivity contribution in [1.29, 1.82) is 0 Å². The van der Waals surface area contributed by atoms with Gasteiger partial charge >= 0.3 is 0 Å². The van der Waals surface area contributed by atoms with E-state index in [0.29, 0.717) is 6.61 Å². The number of rotatable bonds is 2. The van der Waals surface area contributed by atoms with Crippen LogP contribution >= 0.6 is 11.6 Å². The van der Waals surface area contributed by atoms with Crippen LogP contribution in [0.5, 0.6) is 0 Å². The van der Waals surface area contributed by atoms with E-state index in [4.69, 9.17) is 16.3 Å². The molecule has 0 spiro atoms. The third-order valence-corrected chi connectivity index (χ3v) is 3.31. The van der Waals surface area contributed by atoms with Crippen LogP contribution in [-0.2, 0) is 4.74 Å². The summed E-state index contributed by atoms with van der Waals surface area (Å²) in [6.07, 6.45) is 2.60. The van der Waals surface area contributed by atoms with Crippen molar-refractivity contribution in [3.05, 3.63) is 35.4 Å². The molecule has 1 aliphatic heterocycles. The van der Waals surface area contributed by atoms with Crippen LogP contribution in [0.3, 0.4) is 0 Å². The standard InChI is InChI=1S/C12H13ClF2O/c13-12(11-3-1-2-6-16-11)9-7-8(14)4-5-10(9)15/h4-5,7,11-12H,1-3,6H2. The van der Waals surface area contributed by atoms with Crippen molar-refractivity contribution < 1.29 is 13.5 Å². The maximum absolute atomic E-state index is 13.5. The molecule has 4 heteroatoms. The Morgan fingerprint density at radius 1 is 1.31 bits per heavy atom. The van der Waals surface area contributed by atoms with E-state index in [-0.39, 0.29) is 11.7 Å². The van der Waals surface area contributed by atoms with Crippen molar-refractivity contribution in [3.63, 3.8) is 0 Å². The second kappa shape index (κ2) is 5.11. The van der Waals surface area contributed by atoms with Crippen LogP contribution in [0, 0.1) is 11.6 Å². The monoisotopic (exact) mass is 246 g/mol. The number of alkyl halides is 1.